The molecule has 3 rings (SSSR count). The summed E-state index contributed by atoms with van der Waals surface area (Å²) in [5, 5.41) is 11.9. The zero-order valence-corrected chi connectivity index (χ0v) is 9.90. The highest BCUT2D eigenvalue weighted by molar-refractivity contribution is 6.03. The van der Waals surface area contributed by atoms with E-state index in [1.165, 1.54) is 0 Å². The van der Waals surface area contributed by atoms with Crippen LogP contribution in [0.5, 0.6) is 0 Å². The van der Waals surface area contributed by atoms with Gasteiger partial charge in [0, 0.05) is 18.1 Å². The van der Waals surface area contributed by atoms with Crippen LogP contribution in [-0.4, -0.2) is 32.4 Å². The van der Waals surface area contributed by atoms with Crippen molar-refractivity contribution in [3.05, 3.63) is 24.3 Å². The number of carbonyl (C=O) groups is 1. The number of nitrogens with zero attached hydrogens (tertiary/aromatic N) is 3. The largest absolute Gasteiger partial charge is 0.348 e. The van der Waals surface area contributed by atoms with Crippen molar-refractivity contribution in [1.29, 1.82) is 5.26 Å². The van der Waals surface area contributed by atoms with Gasteiger partial charge >= 0.3 is 0 Å². The third-order valence-electron chi connectivity index (χ3n) is 2.77. The highest BCUT2D eigenvalue weighted by atomic mass is 16.2. The van der Waals surface area contributed by atoms with Crippen molar-refractivity contribution in [3.63, 3.8) is 0 Å². The molecule has 0 bridgehead atoms. The van der Waals surface area contributed by atoms with Gasteiger partial charge in [0.05, 0.1) is 24.2 Å². The maximum atomic E-state index is 11.8. The van der Waals surface area contributed by atoms with Gasteiger partial charge in [-0.15, -0.1) is 0 Å². The van der Waals surface area contributed by atoms with Gasteiger partial charge in [-0.05, 0) is 6.07 Å². The van der Waals surface area contributed by atoms with E-state index >= 15 is 0 Å². The maximum Gasteiger partial charge on any atom is 0.287 e. The molecule has 1 amide bonds. The number of fused-ring (bicyclic) bond motifs is 3. The van der Waals surface area contributed by atoms with Crippen LogP contribution < -0.4 is 5.32 Å². The molecule has 19 heavy (non-hydrogen) atoms. The van der Waals surface area contributed by atoms with Crippen LogP contribution in [0.15, 0.2) is 18.5 Å². The number of aromatic amines is 2. The molecule has 0 unspecified atom stereocenters. The molecule has 0 atom stereocenters. The van der Waals surface area contributed by atoms with Crippen molar-refractivity contribution in [2.45, 2.75) is 6.42 Å². The molecular weight excluding hydrogens is 244 g/mol. The van der Waals surface area contributed by atoms with Crippen LogP contribution >= 0.6 is 0 Å². The maximum absolute atomic E-state index is 11.8. The zero-order valence-electron chi connectivity index (χ0n) is 9.90. The number of hydrogen-bond donors (Lipinski definition) is 3. The second-order valence-electron chi connectivity index (χ2n) is 4.01. The lowest BCUT2D eigenvalue weighted by Crippen LogP contribution is -2.25. The first-order valence-corrected chi connectivity index (χ1v) is 5.76. The van der Waals surface area contributed by atoms with E-state index in [4.69, 9.17) is 5.26 Å². The van der Waals surface area contributed by atoms with E-state index in [-0.39, 0.29) is 18.2 Å². The van der Waals surface area contributed by atoms with Crippen LogP contribution in [0.25, 0.3) is 22.1 Å². The van der Waals surface area contributed by atoms with Gasteiger partial charge in [0.15, 0.2) is 5.82 Å². The van der Waals surface area contributed by atoms with Crippen LogP contribution in [0.4, 0.5) is 0 Å². The molecule has 7 heteroatoms. The van der Waals surface area contributed by atoms with Crippen molar-refractivity contribution < 1.29 is 4.79 Å². The topological polar surface area (TPSA) is 110 Å². The summed E-state index contributed by atoms with van der Waals surface area (Å²) in [6, 6.07) is 3.83. The molecule has 94 valence electrons. The Bertz CT molecular complexity index is 793. The highest BCUT2D eigenvalue weighted by Crippen LogP contribution is 2.20. The quantitative estimate of drug-likeness (QED) is 0.607. The van der Waals surface area contributed by atoms with Crippen LogP contribution in [0.1, 0.15) is 17.0 Å². The molecule has 0 spiro atoms. The van der Waals surface area contributed by atoms with E-state index in [0.29, 0.717) is 17.6 Å². The summed E-state index contributed by atoms with van der Waals surface area (Å²) in [6.07, 6.45) is 3.68. The number of nitriles is 1. The summed E-state index contributed by atoms with van der Waals surface area (Å²) in [5.41, 5.74) is 2.14. The first kappa shape index (κ1) is 11.2. The lowest BCUT2D eigenvalue weighted by Gasteiger charge is -1.97. The van der Waals surface area contributed by atoms with E-state index < -0.39 is 0 Å². The SMILES string of the molecule is N#CCCNC(=O)c1nc2c(cnc3[nH]ccc32)[nH]1. The molecule has 0 fully saturated rings. The minimum Gasteiger partial charge on any atom is -0.348 e. The Morgan fingerprint density at radius 2 is 2.42 bits per heavy atom. The number of carbonyl (C=O) groups excluding carboxylic acids is 1. The van der Waals surface area contributed by atoms with Crippen molar-refractivity contribution in [3.8, 4) is 6.07 Å². The lowest BCUT2D eigenvalue weighted by atomic mass is 10.3. The fourth-order valence-corrected chi connectivity index (χ4v) is 1.90. The zero-order chi connectivity index (χ0) is 13.2. The molecule has 3 aromatic rings. The number of H-pyrrole nitrogens is 2. The normalized spacial score (nSPS) is 10.7. The Kier molecular flexibility index (Phi) is 2.61. The monoisotopic (exact) mass is 254 g/mol. The van der Waals surface area contributed by atoms with Gasteiger partial charge in [-0.1, -0.05) is 0 Å². The van der Waals surface area contributed by atoms with Crippen LogP contribution in [0.2, 0.25) is 0 Å². The van der Waals surface area contributed by atoms with Crippen LogP contribution in [0, 0.1) is 11.3 Å². The van der Waals surface area contributed by atoms with Gasteiger partial charge in [-0.3, -0.25) is 4.79 Å². The number of rotatable bonds is 3. The molecule has 3 aromatic heterocycles. The minimum atomic E-state index is -0.324. The van der Waals surface area contributed by atoms with Gasteiger partial charge in [0.1, 0.15) is 11.2 Å². The van der Waals surface area contributed by atoms with E-state index in [1.54, 1.807) is 12.4 Å². The fourth-order valence-electron chi connectivity index (χ4n) is 1.90. The summed E-state index contributed by atoms with van der Waals surface area (Å²) < 4.78 is 0. The molecule has 0 saturated heterocycles. The summed E-state index contributed by atoms with van der Waals surface area (Å²) in [5.74, 6) is -0.0985. The number of amides is 1. The van der Waals surface area contributed by atoms with Crippen LogP contribution in [0.3, 0.4) is 0 Å². The van der Waals surface area contributed by atoms with Gasteiger partial charge in [0.2, 0.25) is 0 Å². The summed E-state index contributed by atoms with van der Waals surface area (Å²) in [6.45, 7) is 0.310. The number of hydrogen-bond acceptors (Lipinski definition) is 4. The Labute approximate surface area is 107 Å². The lowest BCUT2D eigenvalue weighted by molar-refractivity contribution is 0.0945. The standard InChI is InChI=1S/C12H10N6O/c13-3-1-4-15-12(19)11-17-8-6-16-10-7(2-5-14-10)9(8)18-11/h2,5-6H,1,4H2,(H,14,16)(H,15,19)(H,17,18). The predicted molar refractivity (Wildman–Crippen MR) is 68.3 cm³/mol. The number of aromatic nitrogens is 4. The summed E-state index contributed by atoms with van der Waals surface area (Å²) in [4.78, 5) is 26.2. The molecule has 0 saturated carbocycles. The van der Waals surface area contributed by atoms with Gasteiger partial charge in [-0.2, -0.15) is 5.26 Å². The Hall–Kier alpha value is -2.88. The Morgan fingerprint density at radius 3 is 3.26 bits per heavy atom. The van der Waals surface area contributed by atoms with Gasteiger partial charge in [0.25, 0.3) is 5.91 Å². The van der Waals surface area contributed by atoms with Crippen molar-refractivity contribution in [2.24, 2.45) is 0 Å². The summed E-state index contributed by atoms with van der Waals surface area (Å²) in [7, 11) is 0. The van der Waals surface area contributed by atoms with Crippen LogP contribution in [-0.2, 0) is 0 Å². The fraction of sp³-hybridized carbons (Fsp3) is 0.167. The molecule has 3 heterocycles. The predicted octanol–water partition coefficient (Wildman–Crippen LogP) is 1.08. The average molecular weight is 254 g/mol. The third kappa shape index (κ3) is 1.89. The van der Waals surface area contributed by atoms with E-state index in [0.717, 1.165) is 11.0 Å². The van der Waals surface area contributed by atoms with E-state index in [1.807, 2.05) is 12.1 Å². The molecule has 3 N–H and O–H groups in total. The van der Waals surface area contributed by atoms with Crippen molar-refractivity contribution >= 4 is 28.0 Å². The first-order chi connectivity index (χ1) is 9.29. The van der Waals surface area contributed by atoms with E-state index in [2.05, 4.69) is 25.3 Å². The van der Waals surface area contributed by atoms with Crippen molar-refractivity contribution in [2.75, 3.05) is 6.54 Å². The Balaban J connectivity index is 1.97. The van der Waals surface area contributed by atoms with Crippen molar-refractivity contribution in [1.82, 2.24) is 25.3 Å². The minimum absolute atomic E-state index is 0.225. The van der Waals surface area contributed by atoms with Gasteiger partial charge in [-0.25, -0.2) is 9.97 Å². The second kappa shape index (κ2) is 4.42. The first-order valence-electron chi connectivity index (χ1n) is 5.76. The molecule has 0 aromatic carbocycles. The number of nitrogens with one attached hydrogen (secondary N) is 3. The molecule has 0 aliphatic heterocycles. The molecular formula is C12H10N6O. The highest BCUT2D eigenvalue weighted by Gasteiger charge is 2.13. The smallest absolute Gasteiger partial charge is 0.287 e. The average Bonchev–Trinajstić information content (AvgIpc) is 3.04. The molecule has 7 nitrogen and oxygen atoms in total. The van der Waals surface area contributed by atoms with Gasteiger partial charge < -0.3 is 15.3 Å². The second-order valence-corrected chi connectivity index (χ2v) is 4.01. The summed E-state index contributed by atoms with van der Waals surface area (Å²) >= 11 is 0. The van der Waals surface area contributed by atoms with E-state index in [9.17, 15) is 4.79 Å². The molecule has 0 radical (unpaired) electrons. The third-order valence-corrected chi connectivity index (χ3v) is 2.77. The molecule has 0 aliphatic rings. The Morgan fingerprint density at radius 1 is 1.53 bits per heavy atom. The molecule has 0 aliphatic carbocycles. The number of imidazole rings is 1. The number of pyridine rings is 1.